The first-order valence-electron chi connectivity index (χ1n) is 9.21. The molecule has 2 heterocycles. The molecule has 2 N–H and O–H groups in total. The molecule has 0 atom stereocenters. The van der Waals surface area contributed by atoms with E-state index in [-0.39, 0.29) is 11.1 Å². The number of carbonyl (C=O) groups excluding carboxylic acids is 2. The molecular weight excluding hydrogens is 384 g/mol. The van der Waals surface area contributed by atoms with Crippen LogP contribution in [0.2, 0.25) is 0 Å². The van der Waals surface area contributed by atoms with E-state index in [2.05, 4.69) is 5.43 Å². The summed E-state index contributed by atoms with van der Waals surface area (Å²) < 4.78 is 5.73. The van der Waals surface area contributed by atoms with Crippen LogP contribution >= 0.6 is 0 Å². The normalized spacial score (nSPS) is 15.0. The number of amides is 2. The molecule has 30 heavy (non-hydrogen) atoms. The Kier molecular flexibility index (Phi) is 4.71. The highest BCUT2D eigenvalue weighted by Gasteiger charge is 2.34. The van der Waals surface area contributed by atoms with E-state index in [1.807, 2.05) is 26.0 Å². The van der Waals surface area contributed by atoms with Crippen molar-refractivity contribution in [1.29, 1.82) is 0 Å². The smallest absolute Gasteiger partial charge is 0.335 e. The van der Waals surface area contributed by atoms with E-state index in [1.54, 1.807) is 30.3 Å². The van der Waals surface area contributed by atoms with Gasteiger partial charge in [-0.05, 0) is 67.4 Å². The average Bonchev–Trinajstić information content (AvgIpc) is 3.30. The summed E-state index contributed by atoms with van der Waals surface area (Å²) in [5, 5.41) is 10.2. The number of carboxylic acid groups (broad SMARTS) is 1. The fourth-order valence-corrected chi connectivity index (χ4v) is 3.11. The third-order valence-electron chi connectivity index (χ3n) is 4.97. The summed E-state index contributed by atoms with van der Waals surface area (Å²) in [6.07, 6.45) is 1.40. The van der Waals surface area contributed by atoms with Crippen LogP contribution in [0.15, 0.2) is 64.6 Å². The Morgan fingerprint density at radius 1 is 1.00 bits per heavy atom. The summed E-state index contributed by atoms with van der Waals surface area (Å²) in [4.78, 5) is 36.1. The van der Waals surface area contributed by atoms with Crippen LogP contribution in [0.25, 0.3) is 17.4 Å². The molecule has 1 aliphatic heterocycles. The van der Waals surface area contributed by atoms with Crippen molar-refractivity contribution in [3.8, 4) is 11.3 Å². The van der Waals surface area contributed by atoms with Gasteiger partial charge in [0.25, 0.3) is 11.8 Å². The van der Waals surface area contributed by atoms with Gasteiger partial charge in [-0.1, -0.05) is 18.2 Å². The number of hydrazine groups is 1. The van der Waals surface area contributed by atoms with Crippen LogP contribution in [0.1, 0.15) is 27.2 Å². The predicted octanol–water partition coefficient (Wildman–Crippen LogP) is 3.72. The van der Waals surface area contributed by atoms with Crippen molar-refractivity contribution in [3.05, 3.63) is 82.6 Å². The number of hydrogen-bond donors (Lipinski definition) is 2. The second-order valence-corrected chi connectivity index (χ2v) is 6.99. The molecule has 1 saturated heterocycles. The number of nitrogens with zero attached hydrogens (tertiary/aromatic N) is 1. The molecule has 0 bridgehead atoms. The Morgan fingerprint density at radius 3 is 2.40 bits per heavy atom. The molecule has 0 saturated carbocycles. The number of aromatic carboxylic acids is 1. The topological polar surface area (TPSA) is 99.8 Å². The quantitative estimate of drug-likeness (QED) is 0.512. The van der Waals surface area contributed by atoms with Gasteiger partial charge in [0.05, 0.1) is 11.3 Å². The maximum Gasteiger partial charge on any atom is 0.335 e. The summed E-state index contributed by atoms with van der Waals surface area (Å²) in [7, 11) is 0. The number of aryl methyl sites for hydroxylation is 2. The fourth-order valence-electron chi connectivity index (χ4n) is 3.11. The van der Waals surface area contributed by atoms with Gasteiger partial charge in [0, 0.05) is 5.56 Å². The largest absolute Gasteiger partial charge is 0.478 e. The lowest BCUT2D eigenvalue weighted by Crippen LogP contribution is -2.35. The lowest BCUT2D eigenvalue weighted by Gasteiger charge is -2.15. The van der Waals surface area contributed by atoms with Gasteiger partial charge in [0.15, 0.2) is 0 Å². The third kappa shape index (κ3) is 3.48. The first-order chi connectivity index (χ1) is 14.3. The van der Waals surface area contributed by atoms with Gasteiger partial charge in [-0.2, -0.15) is 0 Å². The van der Waals surface area contributed by atoms with E-state index in [1.165, 1.54) is 23.2 Å². The summed E-state index contributed by atoms with van der Waals surface area (Å²) >= 11 is 0. The molecule has 1 aromatic heterocycles. The number of anilines is 1. The first kappa shape index (κ1) is 19.2. The second-order valence-electron chi connectivity index (χ2n) is 6.99. The highest BCUT2D eigenvalue weighted by Crippen LogP contribution is 2.27. The Balaban J connectivity index is 1.59. The summed E-state index contributed by atoms with van der Waals surface area (Å²) in [5.74, 6) is -1.15. The van der Waals surface area contributed by atoms with E-state index in [4.69, 9.17) is 9.52 Å². The van der Waals surface area contributed by atoms with E-state index in [9.17, 15) is 14.4 Å². The monoisotopic (exact) mass is 402 g/mol. The molecule has 0 aliphatic carbocycles. The summed E-state index contributed by atoms with van der Waals surface area (Å²) in [5.41, 5.74) is 6.08. The van der Waals surface area contributed by atoms with Crippen LogP contribution in [-0.4, -0.2) is 22.9 Å². The molecule has 0 radical (unpaired) electrons. The van der Waals surface area contributed by atoms with Gasteiger partial charge in [-0.15, -0.1) is 0 Å². The molecule has 1 aliphatic rings. The number of carboxylic acids is 1. The standard InChI is InChI=1S/C23H18N2O5/c1-13-3-8-17(11-14(13)2)25-22(27)19(21(26)24-25)12-18-9-10-20(30-18)15-4-6-16(7-5-15)23(28)29/h3-12H,1-2H3,(H,24,26)(H,28,29)/b19-12-. The van der Waals surface area contributed by atoms with E-state index < -0.39 is 17.8 Å². The van der Waals surface area contributed by atoms with Gasteiger partial charge >= 0.3 is 5.97 Å². The van der Waals surface area contributed by atoms with Gasteiger partial charge in [-0.25, -0.2) is 9.80 Å². The Morgan fingerprint density at radius 2 is 1.73 bits per heavy atom. The van der Waals surface area contributed by atoms with Crippen LogP contribution in [-0.2, 0) is 9.59 Å². The van der Waals surface area contributed by atoms with Crippen molar-refractivity contribution < 1.29 is 23.9 Å². The predicted molar refractivity (Wildman–Crippen MR) is 111 cm³/mol. The highest BCUT2D eigenvalue weighted by atomic mass is 16.4. The van der Waals surface area contributed by atoms with Gasteiger partial charge in [0.1, 0.15) is 17.1 Å². The minimum atomic E-state index is -1.01. The van der Waals surface area contributed by atoms with Crippen LogP contribution in [0.3, 0.4) is 0 Å². The molecule has 4 rings (SSSR count). The lowest BCUT2D eigenvalue weighted by atomic mass is 10.1. The van der Waals surface area contributed by atoms with Crippen LogP contribution in [0.4, 0.5) is 5.69 Å². The Bertz CT molecular complexity index is 1200. The zero-order valence-electron chi connectivity index (χ0n) is 16.3. The van der Waals surface area contributed by atoms with Gasteiger partial charge in [0.2, 0.25) is 0 Å². The molecule has 7 heteroatoms. The third-order valence-corrected chi connectivity index (χ3v) is 4.97. The van der Waals surface area contributed by atoms with Crippen LogP contribution in [0.5, 0.6) is 0 Å². The second kappa shape index (κ2) is 7.36. The van der Waals surface area contributed by atoms with Crippen molar-refractivity contribution in [2.45, 2.75) is 13.8 Å². The molecule has 0 spiro atoms. The number of furan rings is 1. The molecule has 2 amide bonds. The highest BCUT2D eigenvalue weighted by molar-refractivity contribution is 6.31. The molecule has 7 nitrogen and oxygen atoms in total. The maximum atomic E-state index is 12.8. The number of hydrogen-bond acceptors (Lipinski definition) is 4. The molecule has 1 fully saturated rings. The molecular formula is C23H18N2O5. The number of carbonyl (C=O) groups is 3. The molecule has 3 aromatic rings. The van der Waals surface area contributed by atoms with Gasteiger partial charge < -0.3 is 9.52 Å². The van der Waals surface area contributed by atoms with Crippen molar-refractivity contribution in [1.82, 2.24) is 5.43 Å². The summed E-state index contributed by atoms with van der Waals surface area (Å²) in [6.45, 7) is 3.91. The van der Waals surface area contributed by atoms with Crippen molar-refractivity contribution >= 4 is 29.5 Å². The maximum absolute atomic E-state index is 12.8. The molecule has 150 valence electrons. The van der Waals surface area contributed by atoms with E-state index >= 15 is 0 Å². The number of nitrogens with one attached hydrogen (secondary N) is 1. The average molecular weight is 402 g/mol. The minimum absolute atomic E-state index is 0.0321. The zero-order chi connectivity index (χ0) is 21.4. The van der Waals surface area contributed by atoms with Crippen molar-refractivity contribution in [2.75, 3.05) is 5.01 Å². The molecule has 0 unspecified atom stereocenters. The zero-order valence-corrected chi connectivity index (χ0v) is 16.3. The van der Waals surface area contributed by atoms with Crippen molar-refractivity contribution in [2.24, 2.45) is 0 Å². The fraction of sp³-hybridized carbons (Fsp3) is 0.0870. The van der Waals surface area contributed by atoms with E-state index in [0.29, 0.717) is 22.8 Å². The SMILES string of the molecule is Cc1ccc(N2NC(=O)/C(=C/c3ccc(-c4ccc(C(=O)O)cc4)o3)C2=O)cc1C. The Hall–Kier alpha value is -4.13. The summed E-state index contributed by atoms with van der Waals surface area (Å²) in [6, 6.07) is 15.1. The lowest BCUT2D eigenvalue weighted by molar-refractivity contribution is -0.117. The number of rotatable bonds is 4. The van der Waals surface area contributed by atoms with Crippen LogP contribution in [0, 0.1) is 13.8 Å². The van der Waals surface area contributed by atoms with Crippen LogP contribution < -0.4 is 10.4 Å². The van der Waals surface area contributed by atoms with E-state index in [0.717, 1.165) is 11.1 Å². The minimum Gasteiger partial charge on any atom is -0.478 e. The first-order valence-corrected chi connectivity index (χ1v) is 9.21. The molecule has 2 aromatic carbocycles. The van der Waals surface area contributed by atoms with Crippen molar-refractivity contribution in [3.63, 3.8) is 0 Å². The Labute approximate surface area is 172 Å². The van der Waals surface area contributed by atoms with Gasteiger partial charge in [-0.3, -0.25) is 15.0 Å². The number of benzene rings is 2.